The predicted molar refractivity (Wildman–Crippen MR) is 73.9 cm³/mol. The smallest absolute Gasteiger partial charge is 0.260 e. The highest BCUT2D eigenvalue weighted by Gasteiger charge is 2.19. The molecule has 0 aromatic heterocycles. The summed E-state index contributed by atoms with van der Waals surface area (Å²) in [5, 5.41) is 13.6. The number of sulfonamides is 1. The van der Waals surface area contributed by atoms with Crippen LogP contribution in [0.4, 0.5) is 5.69 Å². The van der Waals surface area contributed by atoms with E-state index in [0.717, 1.165) is 12.1 Å². The van der Waals surface area contributed by atoms with Gasteiger partial charge in [-0.25, -0.2) is 13.6 Å². The largest absolute Gasteiger partial charge is 0.398 e. The van der Waals surface area contributed by atoms with Crippen molar-refractivity contribution in [3.8, 4) is 0 Å². The van der Waals surface area contributed by atoms with E-state index in [1.165, 1.54) is 0 Å². The monoisotopic (exact) mass is 327 g/mol. The Morgan fingerprint density at radius 2 is 1.89 bits per heavy atom. The fourth-order valence-electron chi connectivity index (χ4n) is 1.17. The van der Waals surface area contributed by atoms with Crippen molar-refractivity contribution in [2.75, 3.05) is 5.73 Å². The molecule has 0 heterocycles. The van der Waals surface area contributed by atoms with Gasteiger partial charge < -0.3 is 11.5 Å². The summed E-state index contributed by atoms with van der Waals surface area (Å²) in [5.41, 5.74) is 10.2. The predicted octanol–water partition coefficient (Wildman–Crippen LogP) is -0.385. The van der Waals surface area contributed by atoms with E-state index in [9.17, 15) is 13.2 Å². The molecule has 0 aliphatic heterocycles. The summed E-state index contributed by atoms with van der Waals surface area (Å²) in [5.74, 6) is -1.44. The lowest BCUT2D eigenvalue weighted by Crippen LogP contribution is -2.36. The van der Waals surface area contributed by atoms with Crippen LogP contribution in [0.3, 0.4) is 0 Å². The molecule has 0 saturated carbocycles. The number of nitrogen functional groups attached to an aromatic ring is 1. The highest BCUT2D eigenvalue weighted by atomic mass is 35.5. The third-order valence-corrected chi connectivity index (χ3v) is 3.28. The highest BCUT2D eigenvalue weighted by molar-refractivity contribution is 7.89. The Labute approximate surface area is 120 Å². The fraction of sp³-hybridized carbons (Fsp3) is 0. The summed E-state index contributed by atoms with van der Waals surface area (Å²) in [6.45, 7) is 0. The Hall–Kier alpha value is -1.55. The third-order valence-electron chi connectivity index (χ3n) is 1.90. The van der Waals surface area contributed by atoms with Crippen LogP contribution in [0, 0.1) is 5.41 Å². The lowest BCUT2D eigenvalue weighted by Gasteiger charge is -2.09. The molecule has 0 bridgehead atoms. The number of benzene rings is 1. The molecule has 8 N–H and O–H groups in total. The summed E-state index contributed by atoms with van der Waals surface area (Å²) in [6.07, 6.45) is 0. The van der Waals surface area contributed by atoms with E-state index < -0.39 is 26.8 Å². The van der Waals surface area contributed by atoms with Gasteiger partial charge in [-0.1, -0.05) is 11.6 Å². The zero-order valence-corrected chi connectivity index (χ0v) is 11.7. The van der Waals surface area contributed by atoms with E-state index in [-0.39, 0.29) is 28.7 Å². The number of hydrogen-bond acceptors (Lipinski definition) is 5. The molecule has 0 fully saturated rings. The van der Waals surface area contributed by atoms with Crippen molar-refractivity contribution in [2.24, 2.45) is 10.9 Å². The Balaban J connectivity index is 0.00000324. The molecule has 0 aliphatic carbocycles. The van der Waals surface area contributed by atoms with E-state index in [2.05, 4.69) is 0 Å². The normalized spacial score (nSPS) is 10.4. The SMILES string of the molecule is Cl.N=C(N)NC(=O)c1cc(S(N)(=O)=O)c(Cl)cc1N. The van der Waals surface area contributed by atoms with Gasteiger partial charge in [-0.15, -0.1) is 12.4 Å². The average molecular weight is 328 g/mol. The number of halogens is 2. The first-order chi connectivity index (χ1) is 8.12. The zero-order valence-electron chi connectivity index (χ0n) is 9.31. The Morgan fingerprint density at radius 3 is 2.32 bits per heavy atom. The number of anilines is 1. The van der Waals surface area contributed by atoms with Gasteiger partial charge in [-0.05, 0) is 12.1 Å². The number of carbonyl (C=O) groups is 1. The second kappa shape index (κ2) is 6.06. The molecule has 1 aromatic carbocycles. The number of primary sulfonamides is 1. The molecule has 11 heteroatoms. The quantitative estimate of drug-likeness (QED) is 0.283. The number of rotatable bonds is 2. The van der Waals surface area contributed by atoms with Crippen LogP contribution in [0.15, 0.2) is 17.0 Å². The molecule has 0 saturated heterocycles. The molecule has 19 heavy (non-hydrogen) atoms. The number of nitrogens with one attached hydrogen (secondary N) is 2. The minimum atomic E-state index is -4.09. The van der Waals surface area contributed by atoms with Crippen molar-refractivity contribution in [2.45, 2.75) is 4.90 Å². The van der Waals surface area contributed by atoms with E-state index in [4.69, 9.17) is 33.6 Å². The average Bonchev–Trinajstić information content (AvgIpc) is 2.13. The molecule has 106 valence electrons. The van der Waals surface area contributed by atoms with Gasteiger partial charge in [0, 0.05) is 5.69 Å². The van der Waals surface area contributed by atoms with Gasteiger partial charge >= 0.3 is 0 Å². The summed E-state index contributed by atoms with van der Waals surface area (Å²) in [6, 6.07) is 2.00. The van der Waals surface area contributed by atoms with Crippen LogP contribution in [0.25, 0.3) is 0 Å². The van der Waals surface area contributed by atoms with Crippen molar-refractivity contribution in [1.82, 2.24) is 5.32 Å². The lowest BCUT2D eigenvalue weighted by molar-refractivity contribution is 0.0977. The number of amides is 1. The summed E-state index contributed by atoms with van der Waals surface area (Å²) in [7, 11) is -4.09. The van der Waals surface area contributed by atoms with Gasteiger partial charge in [-0.3, -0.25) is 15.5 Å². The van der Waals surface area contributed by atoms with Crippen LogP contribution in [0.5, 0.6) is 0 Å². The summed E-state index contributed by atoms with van der Waals surface area (Å²) < 4.78 is 22.4. The molecule has 8 nitrogen and oxygen atoms in total. The van der Waals surface area contributed by atoms with Gasteiger partial charge in [0.2, 0.25) is 10.0 Å². The molecule has 1 amide bonds. The number of guanidine groups is 1. The van der Waals surface area contributed by atoms with Gasteiger partial charge in [-0.2, -0.15) is 0 Å². The lowest BCUT2D eigenvalue weighted by atomic mass is 10.1. The molecule has 0 radical (unpaired) electrons. The van der Waals surface area contributed by atoms with Crippen molar-refractivity contribution in [3.05, 3.63) is 22.7 Å². The number of hydrogen-bond donors (Lipinski definition) is 5. The molecule has 1 rings (SSSR count). The van der Waals surface area contributed by atoms with E-state index >= 15 is 0 Å². The Bertz CT molecular complexity index is 632. The zero-order chi connectivity index (χ0) is 14.1. The first kappa shape index (κ1) is 17.4. The second-order valence-electron chi connectivity index (χ2n) is 3.28. The summed E-state index contributed by atoms with van der Waals surface area (Å²) >= 11 is 5.66. The highest BCUT2D eigenvalue weighted by Crippen LogP contribution is 2.26. The van der Waals surface area contributed by atoms with Crippen molar-refractivity contribution in [3.63, 3.8) is 0 Å². The first-order valence-electron chi connectivity index (χ1n) is 4.40. The molecular formula is C8H11Cl2N5O3S. The second-order valence-corrected chi connectivity index (χ2v) is 5.22. The molecule has 1 aromatic rings. The molecule has 0 unspecified atom stereocenters. The van der Waals surface area contributed by atoms with Crippen molar-refractivity contribution < 1.29 is 13.2 Å². The van der Waals surface area contributed by atoms with Crippen molar-refractivity contribution in [1.29, 1.82) is 5.41 Å². The minimum absolute atomic E-state index is 0. The standard InChI is InChI=1S/C8H10ClN5O3S.ClH/c9-4-2-5(10)3(7(15)14-8(11)12)1-6(4)18(13,16)17;/h1-2H,10H2,(H2,13,16,17)(H4,11,12,14,15);1H. The van der Waals surface area contributed by atoms with Crippen molar-refractivity contribution >= 4 is 51.6 Å². The maximum absolute atomic E-state index is 11.6. The van der Waals surface area contributed by atoms with Crippen LogP contribution in [-0.4, -0.2) is 20.3 Å². The van der Waals surface area contributed by atoms with Crippen LogP contribution in [0.2, 0.25) is 5.02 Å². The van der Waals surface area contributed by atoms with Gasteiger partial charge in [0.1, 0.15) is 4.90 Å². The van der Waals surface area contributed by atoms with E-state index in [1.54, 1.807) is 0 Å². The maximum Gasteiger partial charge on any atom is 0.260 e. The minimum Gasteiger partial charge on any atom is -0.398 e. The number of carbonyl (C=O) groups excluding carboxylic acids is 1. The Kier molecular flexibility index (Phi) is 5.57. The summed E-state index contributed by atoms with van der Waals surface area (Å²) in [4.78, 5) is 11.1. The molecule has 0 aliphatic rings. The topological polar surface area (TPSA) is 165 Å². The third kappa shape index (κ3) is 4.24. The van der Waals surface area contributed by atoms with E-state index in [1.807, 2.05) is 5.32 Å². The first-order valence-corrected chi connectivity index (χ1v) is 6.32. The molecule has 0 spiro atoms. The van der Waals surface area contributed by atoms with E-state index in [0.29, 0.717) is 0 Å². The van der Waals surface area contributed by atoms with Crippen LogP contribution in [0.1, 0.15) is 10.4 Å². The van der Waals surface area contributed by atoms with Crippen LogP contribution < -0.4 is 21.9 Å². The van der Waals surface area contributed by atoms with Gasteiger partial charge in [0.15, 0.2) is 5.96 Å². The van der Waals surface area contributed by atoms with Crippen LogP contribution in [-0.2, 0) is 10.0 Å². The fourth-order valence-corrected chi connectivity index (χ4v) is 2.28. The molecular weight excluding hydrogens is 317 g/mol. The maximum atomic E-state index is 11.6. The Morgan fingerprint density at radius 1 is 1.37 bits per heavy atom. The number of nitrogens with two attached hydrogens (primary N) is 3. The molecule has 0 atom stereocenters. The van der Waals surface area contributed by atoms with Crippen LogP contribution >= 0.6 is 24.0 Å². The van der Waals surface area contributed by atoms with Gasteiger partial charge in [0.25, 0.3) is 5.91 Å². The van der Waals surface area contributed by atoms with Gasteiger partial charge in [0.05, 0.1) is 10.6 Å².